The van der Waals surface area contributed by atoms with E-state index < -0.39 is 0 Å². The van der Waals surface area contributed by atoms with E-state index in [9.17, 15) is 4.79 Å². The van der Waals surface area contributed by atoms with Gasteiger partial charge in [-0.25, -0.2) is 4.98 Å². The summed E-state index contributed by atoms with van der Waals surface area (Å²) >= 11 is 0. The quantitative estimate of drug-likeness (QED) is 0.897. The van der Waals surface area contributed by atoms with Crippen molar-refractivity contribution < 1.29 is 0 Å². The first-order valence-electron chi connectivity index (χ1n) is 7.49. The van der Waals surface area contributed by atoms with Gasteiger partial charge in [-0.1, -0.05) is 12.1 Å². The Kier molecular flexibility index (Phi) is 3.78. The molecule has 1 aliphatic heterocycles. The first-order valence-corrected chi connectivity index (χ1v) is 7.49. The van der Waals surface area contributed by atoms with Crippen LogP contribution in [-0.4, -0.2) is 40.5 Å². The van der Waals surface area contributed by atoms with E-state index in [-0.39, 0.29) is 11.1 Å². The molecule has 1 saturated heterocycles. The molecule has 5 heteroatoms. The van der Waals surface area contributed by atoms with E-state index in [2.05, 4.69) is 27.1 Å². The highest BCUT2D eigenvalue weighted by molar-refractivity contribution is 5.73. The fourth-order valence-corrected chi connectivity index (χ4v) is 2.84. The molecule has 0 spiro atoms. The Balaban J connectivity index is 1.77. The van der Waals surface area contributed by atoms with Crippen LogP contribution in [0.4, 0.5) is 0 Å². The average molecular weight is 286 g/mol. The number of likely N-dealkylation sites (tertiary alicyclic amines) is 1. The van der Waals surface area contributed by atoms with E-state index in [1.165, 1.54) is 0 Å². The normalized spacial score (nSPS) is 19.0. The van der Waals surface area contributed by atoms with Gasteiger partial charge in [0.15, 0.2) is 0 Å². The summed E-state index contributed by atoms with van der Waals surface area (Å²) < 4.78 is 0. The van der Waals surface area contributed by atoms with E-state index in [0.717, 1.165) is 37.0 Å². The maximum absolute atomic E-state index is 12.1. The molecule has 0 saturated carbocycles. The molecule has 2 aromatic rings. The van der Waals surface area contributed by atoms with Gasteiger partial charge in [-0.05, 0) is 38.9 Å². The van der Waals surface area contributed by atoms with E-state index >= 15 is 0 Å². The Labute approximate surface area is 124 Å². The number of H-pyrrole nitrogens is 1. The zero-order valence-electron chi connectivity index (χ0n) is 12.6. The Morgan fingerprint density at radius 3 is 2.76 bits per heavy atom. The van der Waals surface area contributed by atoms with Crippen LogP contribution >= 0.6 is 0 Å². The lowest BCUT2D eigenvalue weighted by Gasteiger charge is -2.39. The molecule has 0 amide bonds. The number of nitrogens with zero attached hydrogens (tertiary/aromatic N) is 2. The van der Waals surface area contributed by atoms with Crippen LogP contribution in [-0.2, 0) is 6.54 Å². The highest BCUT2D eigenvalue weighted by Gasteiger charge is 2.28. The fraction of sp³-hybridized carbons (Fsp3) is 0.500. The first-order chi connectivity index (χ1) is 10.1. The van der Waals surface area contributed by atoms with Gasteiger partial charge in [0, 0.05) is 25.2 Å². The van der Waals surface area contributed by atoms with Crippen molar-refractivity contribution in [2.75, 3.05) is 20.1 Å². The van der Waals surface area contributed by atoms with Crippen LogP contribution in [0.1, 0.15) is 25.5 Å². The first kappa shape index (κ1) is 14.2. The zero-order valence-corrected chi connectivity index (χ0v) is 12.6. The van der Waals surface area contributed by atoms with Gasteiger partial charge in [0.25, 0.3) is 5.56 Å². The number of piperidine rings is 1. The second-order valence-corrected chi connectivity index (χ2v) is 6.12. The minimum Gasteiger partial charge on any atom is -0.319 e. The van der Waals surface area contributed by atoms with Gasteiger partial charge in [-0.15, -0.1) is 0 Å². The number of para-hydroxylation sites is 2. The minimum atomic E-state index is -0.0735. The van der Waals surface area contributed by atoms with Gasteiger partial charge in [-0.3, -0.25) is 9.69 Å². The number of rotatable bonds is 3. The minimum absolute atomic E-state index is 0.0735. The van der Waals surface area contributed by atoms with Crippen LogP contribution in [0, 0.1) is 0 Å². The largest absolute Gasteiger partial charge is 0.319 e. The monoisotopic (exact) mass is 286 g/mol. The number of benzene rings is 1. The lowest BCUT2D eigenvalue weighted by atomic mass is 9.90. The summed E-state index contributed by atoms with van der Waals surface area (Å²) in [5.74, 6) is 0. The van der Waals surface area contributed by atoms with Gasteiger partial charge in [0.1, 0.15) is 5.69 Å². The second-order valence-electron chi connectivity index (χ2n) is 6.12. The number of nitrogens with one attached hydrogen (secondary N) is 2. The topological polar surface area (TPSA) is 61.0 Å². The van der Waals surface area contributed by atoms with E-state index in [1.807, 2.05) is 31.3 Å². The van der Waals surface area contributed by atoms with E-state index in [0.29, 0.717) is 12.2 Å². The van der Waals surface area contributed by atoms with Crippen LogP contribution < -0.4 is 10.9 Å². The fourth-order valence-electron chi connectivity index (χ4n) is 2.84. The maximum Gasteiger partial charge on any atom is 0.271 e. The molecule has 5 nitrogen and oxygen atoms in total. The van der Waals surface area contributed by atoms with Gasteiger partial charge < -0.3 is 10.3 Å². The standard InChI is InChI=1S/C16H22N4O/c1-16(17-2)7-9-20(10-8-16)11-14-15(21)19-13-6-4-3-5-12(13)18-14/h3-6,17H,7-11H2,1-2H3,(H,19,21). The van der Waals surface area contributed by atoms with Crippen molar-refractivity contribution >= 4 is 11.0 Å². The molecule has 0 unspecified atom stereocenters. The molecule has 0 bridgehead atoms. The Hall–Kier alpha value is -1.72. The smallest absolute Gasteiger partial charge is 0.271 e. The number of aromatic amines is 1. The van der Waals surface area contributed by atoms with Gasteiger partial charge in [0.2, 0.25) is 0 Å². The van der Waals surface area contributed by atoms with Crippen molar-refractivity contribution in [1.82, 2.24) is 20.2 Å². The van der Waals surface area contributed by atoms with Gasteiger partial charge in [-0.2, -0.15) is 0 Å². The van der Waals surface area contributed by atoms with Crippen molar-refractivity contribution in [1.29, 1.82) is 0 Å². The predicted octanol–water partition coefficient (Wildman–Crippen LogP) is 1.50. The molecule has 2 heterocycles. The van der Waals surface area contributed by atoms with Crippen molar-refractivity contribution in [3.63, 3.8) is 0 Å². The van der Waals surface area contributed by atoms with Crippen LogP contribution in [0.25, 0.3) is 11.0 Å². The molecular weight excluding hydrogens is 264 g/mol. The molecule has 3 rings (SSSR count). The highest BCUT2D eigenvalue weighted by atomic mass is 16.1. The number of hydrogen-bond acceptors (Lipinski definition) is 4. The molecule has 1 aromatic heterocycles. The molecule has 0 aliphatic carbocycles. The van der Waals surface area contributed by atoms with Crippen molar-refractivity contribution in [3.05, 3.63) is 40.3 Å². The number of aromatic nitrogens is 2. The van der Waals surface area contributed by atoms with Crippen molar-refractivity contribution in [2.45, 2.75) is 31.8 Å². The summed E-state index contributed by atoms with van der Waals surface area (Å²) in [7, 11) is 2.02. The Morgan fingerprint density at radius 1 is 1.33 bits per heavy atom. The lowest BCUT2D eigenvalue weighted by molar-refractivity contribution is 0.144. The van der Waals surface area contributed by atoms with Crippen LogP contribution in [0.5, 0.6) is 0 Å². The van der Waals surface area contributed by atoms with Crippen LogP contribution in [0.15, 0.2) is 29.1 Å². The zero-order chi connectivity index (χ0) is 14.9. The molecule has 0 atom stereocenters. The third-order valence-corrected chi connectivity index (χ3v) is 4.61. The van der Waals surface area contributed by atoms with Crippen molar-refractivity contribution in [3.8, 4) is 0 Å². The third kappa shape index (κ3) is 2.99. The van der Waals surface area contributed by atoms with Crippen LogP contribution in [0.2, 0.25) is 0 Å². The molecule has 1 aromatic carbocycles. The Bertz CT molecular complexity index is 686. The average Bonchev–Trinajstić information content (AvgIpc) is 2.50. The molecule has 0 radical (unpaired) electrons. The lowest BCUT2D eigenvalue weighted by Crippen LogP contribution is -2.50. The summed E-state index contributed by atoms with van der Waals surface area (Å²) in [6, 6.07) is 7.66. The number of fused-ring (bicyclic) bond motifs is 1. The highest BCUT2D eigenvalue weighted by Crippen LogP contribution is 2.21. The summed E-state index contributed by atoms with van der Waals surface area (Å²) in [5, 5.41) is 3.39. The van der Waals surface area contributed by atoms with Crippen molar-refractivity contribution in [2.24, 2.45) is 0 Å². The van der Waals surface area contributed by atoms with E-state index in [4.69, 9.17) is 0 Å². The molecule has 21 heavy (non-hydrogen) atoms. The molecule has 2 N–H and O–H groups in total. The summed E-state index contributed by atoms with van der Waals surface area (Å²) in [6.07, 6.45) is 2.18. The summed E-state index contributed by atoms with van der Waals surface area (Å²) in [6.45, 7) is 4.86. The molecule has 1 aliphatic rings. The van der Waals surface area contributed by atoms with Gasteiger partial charge in [0.05, 0.1) is 11.0 Å². The molecule has 112 valence electrons. The third-order valence-electron chi connectivity index (χ3n) is 4.61. The summed E-state index contributed by atoms with van der Waals surface area (Å²) in [4.78, 5) is 21.9. The predicted molar refractivity (Wildman–Crippen MR) is 84.3 cm³/mol. The maximum atomic E-state index is 12.1. The molecular formula is C16H22N4O. The molecule has 1 fully saturated rings. The van der Waals surface area contributed by atoms with E-state index in [1.54, 1.807) is 0 Å². The Morgan fingerprint density at radius 2 is 2.05 bits per heavy atom. The second kappa shape index (κ2) is 5.58. The SMILES string of the molecule is CNC1(C)CCN(Cc2nc3ccccc3[nH]c2=O)CC1. The van der Waals surface area contributed by atoms with Gasteiger partial charge >= 0.3 is 0 Å². The summed E-state index contributed by atoms with van der Waals surface area (Å²) in [5.41, 5.74) is 2.41. The number of hydrogen-bond donors (Lipinski definition) is 2. The van der Waals surface area contributed by atoms with Crippen LogP contribution in [0.3, 0.4) is 0 Å².